The molecule has 1 heterocycles. The summed E-state index contributed by atoms with van der Waals surface area (Å²) in [7, 11) is 3.37. The third-order valence-corrected chi connectivity index (χ3v) is 3.47. The summed E-state index contributed by atoms with van der Waals surface area (Å²) in [5.41, 5.74) is 0. The average molecular weight is 431 g/mol. The minimum atomic E-state index is -0.569. The van der Waals surface area contributed by atoms with Crippen LogP contribution in [0.1, 0.15) is 6.92 Å². The molecule has 1 amide bonds. The molecule has 1 unspecified atom stereocenters. The smallest absolute Gasteiger partial charge is 0.262 e. The van der Waals surface area contributed by atoms with Gasteiger partial charge in [-0.05, 0) is 60.8 Å². The lowest BCUT2D eigenvalue weighted by atomic mass is 10.3. The number of amides is 1. The molecule has 0 fully saturated rings. The number of ether oxygens (including phenoxy) is 1. The zero-order chi connectivity index (χ0) is 13.2. The van der Waals surface area contributed by atoms with Crippen molar-refractivity contribution in [1.29, 1.82) is 0 Å². The highest BCUT2D eigenvalue weighted by Gasteiger charge is 2.20. The number of halogens is 3. The monoisotopic (exact) mass is 428 g/mol. The van der Waals surface area contributed by atoms with E-state index in [0.29, 0.717) is 15.0 Å². The number of hydrogen-bond donors (Lipinski definition) is 0. The SMILES string of the molecule is CC(Oc1c(Br)cc(Br)nc1Br)C(=O)N(C)C. The Morgan fingerprint density at radius 2 is 2.00 bits per heavy atom. The Morgan fingerprint density at radius 3 is 2.47 bits per heavy atom. The maximum atomic E-state index is 11.7. The van der Waals surface area contributed by atoms with Crippen LogP contribution in [0.25, 0.3) is 0 Å². The summed E-state index contributed by atoms with van der Waals surface area (Å²) >= 11 is 9.92. The number of pyridine rings is 1. The van der Waals surface area contributed by atoms with E-state index >= 15 is 0 Å². The lowest BCUT2D eigenvalue weighted by molar-refractivity contribution is -0.135. The summed E-state index contributed by atoms with van der Waals surface area (Å²) in [6, 6.07) is 1.76. The third kappa shape index (κ3) is 3.93. The molecule has 1 aromatic heterocycles. The van der Waals surface area contributed by atoms with Gasteiger partial charge in [0.25, 0.3) is 5.91 Å². The molecule has 0 bridgehead atoms. The van der Waals surface area contributed by atoms with Crippen molar-refractivity contribution in [2.75, 3.05) is 14.1 Å². The van der Waals surface area contributed by atoms with Crippen LogP contribution in [-0.4, -0.2) is 36.0 Å². The summed E-state index contributed by atoms with van der Waals surface area (Å²) < 4.78 is 7.53. The van der Waals surface area contributed by atoms with Gasteiger partial charge in [-0.1, -0.05) is 0 Å². The van der Waals surface area contributed by atoms with Crippen LogP contribution in [0.4, 0.5) is 0 Å². The fourth-order valence-corrected chi connectivity index (χ4v) is 3.35. The zero-order valence-corrected chi connectivity index (χ0v) is 14.3. The lowest BCUT2D eigenvalue weighted by Gasteiger charge is -2.19. The first kappa shape index (κ1) is 14.9. The van der Waals surface area contributed by atoms with Gasteiger partial charge in [0.15, 0.2) is 16.5 Å². The zero-order valence-electron chi connectivity index (χ0n) is 9.50. The van der Waals surface area contributed by atoms with Crippen molar-refractivity contribution in [3.8, 4) is 5.75 Å². The number of rotatable bonds is 3. The molecule has 0 aromatic carbocycles. The molecule has 4 nitrogen and oxygen atoms in total. The minimum Gasteiger partial charge on any atom is -0.477 e. The molecule has 7 heteroatoms. The maximum absolute atomic E-state index is 11.7. The first-order valence-electron chi connectivity index (χ1n) is 4.72. The van der Waals surface area contributed by atoms with Gasteiger partial charge in [-0.15, -0.1) is 0 Å². The van der Waals surface area contributed by atoms with E-state index in [0.717, 1.165) is 4.47 Å². The van der Waals surface area contributed by atoms with Crippen LogP contribution in [0.15, 0.2) is 19.7 Å². The predicted octanol–water partition coefficient (Wildman–Crippen LogP) is 3.22. The molecule has 0 spiro atoms. The van der Waals surface area contributed by atoms with Crippen LogP contribution >= 0.6 is 47.8 Å². The van der Waals surface area contributed by atoms with Gasteiger partial charge in [-0.25, -0.2) is 4.98 Å². The van der Waals surface area contributed by atoms with Gasteiger partial charge in [0.05, 0.1) is 4.47 Å². The number of hydrogen-bond acceptors (Lipinski definition) is 3. The molecule has 0 radical (unpaired) electrons. The molecule has 0 aliphatic carbocycles. The Kier molecular flexibility index (Phi) is 5.40. The Labute approximate surface area is 125 Å². The summed E-state index contributed by atoms with van der Waals surface area (Å²) in [6.45, 7) is 1.70. The van der Waals surface area contributed by atoms with E-state index in [-0.39, 0.29) is 5.91 Å². The van der Waals surface area contributed by atoms with Gasteiger partial charge in [0.1, 0.15) is 4.60 Å². The molecule has 1 aromatic rings. The van der Waals surface area contributed by atoms with Crippen molar-refractivity contribution in [2.45, 2.75) is 13.0 Å². The fourth-order valence-electron chi connectivity index (χ4n) is 1.14. The third-order valence-electron chi connectivity index (χ3n) is 1.94. The van der Waals surface area contributed by atoms with E-state index in [9.17, 15) is 4.79 Å². The molecular weight excluding hydrogens is 420 g/mol. The van der Waals surface area contributed by atoms with Crippen LogP contribution in [-0.2, 0) is 4.79 Å². The van der Waals surface area contributed by atoms with E-state index < -0.39 is 6.10 Å². The van der Waals surface area contributed by atoms with Gasteiger partial charge in [0.2, 0.25) is 0 Å². The Hall–Kier alpha value is -0.140. The van der Waals surface area contributed by atoms with E-state index in [2.05, 4.69) is 52.8 Å². The van der Waals surface area contributed by atoms with Crippen molar-refractivity contribution in [3.63, 3.8) is 0 Å². The normalized spacial score (nSPS) is 12.1. The fraction of sp³-hybridized carbons (Fsp3) is 0.400. The van der Waals surface area contributed by atoms with Crippen molar-refractivity contribution < 1.29 is 9.53 Å². The van der Waals surface area contributed by atoms with Gasteiger partial charge < -0.3 is 9.64 Å². The van der Waals surface area contributed by atoms with Crippen molar-refractivity contribution in [3.05, 3.63) is 19.7 Å². The second-order valence-corrected chi connectivity index (χ2v) is 5.96. The molecule has 1 rings (SSSR count). The van der Waals surface area contributed by atoms with Crippen molar-refractivity contribution >= 4 is 53.7 Å². The molecule has 17 heavy (non-hydrogen) atoms. The quantitative estimate of drug-likeness (QED) is 0.691. The maximum Gasteiger partial charge on any atom is 0.262 e. The number of carbonyl (C=O) groups excluding carboxylic acids is 1. The highest BCUT2D eigenvalue weighted by Crippen LogP contribution is 2.34. The van der Waals surface area contributed by atoms with Crippen LogP contribution in [0.5, 0.6) is 5.75 Å². The van der Waals surface area contributed by atoms with Crippen molar-refractivity contribution in [1.82, 2.24) is 9.88 Å². The lowest BCUT2D eigenvalue weighted by Crippen LogP contribution is -2.35. The van der Waals surface area contributed by atoms with Gasteiger partial charge in [-0.2, -0.15) is 0 Å². The Balaban J connectivity index is 2.92. The Bertz CT molecular complexity index is 415. The molecule has 1 atom stereocenters. The summed E-state index contributed by atoms with van der Waals surface area (Å²) in [5.74, 6) is 0.405. The van der Waals surface area contributed by atoms with E-state index in [1.165, 1.54) is 4.90 Å². The van der Waals surface area contributed by atoms with Gasteiger partial charge >= 0.3 is 0 Å². The van der Waals surface area contributed by atoms with Crippen LogP contribution in [0.2, 0.25) is 0 Å². The van der Waals surface area contributed by atoms with Crippen LogP contribution in [0.3, 0.4) is 0 Å². The van der Waals surface area contributed by atoms with E-state index in [1.54, 1.807) is 27.1 Å². The largest absolute Gasteiger partial charge is 0.477 e. The molecule has 94 valence electrons. The summed E-state index contributed by atoms with van der Waals surface area (Å²) in [5, 5.41) is 0. The molecule has 0 saturated carbocycles. The number of carbonyl (C=O) groups is 1. The minimum absolute atomic E-state index is 0.105. The topological polar surface area (TPSA) is 42.4 Å². The highest BCUT2D eigenvalue weighted by molar-refractivity contribution is 9.11. The first-order chi connectivity index (χ1) is 7.82. The second-order valence-electron chi connectivity index (χ2n) is 3.54. The molecule has 0 N–H and O–H groups in total. The standard InChI is InChI=1S/C10H11Br3N2O2/c1-5(10(16)15(2)3)17-8-6(11)4-7(12)14-9(8)13/h4-5H,1-3H3. The second kappa shape index (κ2) is 6.15. The van der Waals surface area contributed by atoms with Gasteiger partial charge in [0, 0.05) is 14.1 Å². The van der Waals surface area contributed by atoms with Gasteiger partial charge in [-0.3, -0.25) is 4.79 Å². The number of nitrogens with zero attached hydrogens (tertiary/aromatic N) is 2. The first-order valence-corrected chi connectivity index (χ1v) is 7.10. The number of aromatic nitrogens is 1. The summed E-state index contributed by atoms with van der Waals surface area (Å²) in [4.78, 5) is 17.3. The molecule has 0 aliphatic heterocycles. The van der Waals surface area contributed by atoms with Crippen LogP contribution < -0.4 is 4.74 Å². The van der Waals surface area contributed by atoms with Crippen LogP contribution in [0, 0.1) is 0 Å². The van der Waals surface area contributed by atoms with Crippen molar-refractivity contribution in [2.24, 2.45) is 0 Å². The van der Waals surface area contributed by atoms with E-state index in [4.69, 9.17) is 4.74 Å². The predicted molar refractivity (Wildman–Crippen MR) is 76.1 cm³/mol. The molecule has 0 aliphatic rings. The molecular formula is C10H11Br3N2O2. The molecule has 0 saturated heterocycles. The highest BCUT2D eigenvalue weighted by atomic mass is 79.9. The Morgan fingerprint density at radius 1 is 1.41 bits per heavy atom. The average Bonchev–Trinajstić information content (AvgIpc) is 2.21. The summed E-state index contributed by atoms with van der Waals surface area (Å²) in [6.07, 6.45) is -0.569. The number of likely N-dealkylation sites (N-methyl/N-ethyl adjacent to an activating group) is 1. The van der Waals surface area contributed by atoms with E-state index in [1.807, 2.05) is 0 Å².